The first-order valence-corrected chi connectivity index (χ1v) is 8.96. The predicted octanol–water partition coefficient (Wildman–Crippen LogP) is 1.30. The SMILES string of the molecule is CS(=O)(=O)[C@@H]1CNC[C@H]1n1cc(-c2cc(F)cc(Cl)c2)nn1. The molecule has 118 valence electrons. The van der Waals surface area contributed by atoms with Gasteiger partial charge in [0.15, 0.2) is 9.84 Å². The molecule has 1 aliphatic heterocycles. The molecule has 22 heavy (non-hydrogen) atoms. The molecule has 6 nitrogen and oxygen atoms in total. The summed E-state index contributed by atoms with van der Waals surface area (Å²) in [5.74, 6) is -0.464. The van der Waals surface area contributed by atoms with E-state index in [4.69, 9.17) is 11.6 Å². The summed E-state index contributed by atoms with van der Waals surface area (Å²) in [5, 5.41) is 10.7. The topological polar surface area (TPSA) is 76.9 Å². The van der Waals surface area contributed by atoms with Crippen molar-refractivity contribution in [1.29, 1.82) is 0 Å². The van der Waals surface area contributed by atoms with Gasteiger partial charge in [0.05, 0.1) is 17.5 Å². The molecule has 9 heteroatoms. The van der Waals surface area contributed by atoms with E-state index in [0.717, 1.165) is 0 Å². The van der Waals surface area contributed by atoms with Gasteiger partial charge in [-0.2, -0.15) is 0 Å². The summed E-state index contributed by atoms with van der Waals surface area (Å²) in [4.78, 5) is 0. The Balaban J connectivity index is 1.94. The second-order valence-corrected chi connectivity index (χ2v) is 8.04. The van der Waals surface area contributed by atoms with Crippen molar-refractivity contribution in [1.82, 2.24) is 20.3 Å². The quantitative estimate of drug-likeness (QED) is 0.908. The molecule has 2 atom stereocenters. The Hall–Kier alpha value is -1.51. The zero-order valence-corrected chi connectivity index (χ0v) is 13.3. The van der Waals surface area contributed by atoms with Crippen molar-refractivity contribution in [3.8, 4) is 11.3 Å². The van der Waals surface area contributed by atoms with Gasteiger partial charge in [-0.25, -0.2) is 17.5 Å². The summed E-state index contributed by atoms with van der Waals surface area (Å²) in [6.07, 6.45) is 2.82. The first kappa shape index (κ1) is 15.4. The summed E-state index contributed by atoms with van der Waals surface area (Å²) < 4.78 is 38.6. The van der Waals surface area contributed by atoms with Crippen LogP contribution >= 0.6 is 11.6 Å². The van der Waals surface area contributed by atoms with Crippen LogP contribution in [0.1, 0.15) is 6.04 Å². The lowest BCUT2D eigenvalue weighted by Gasteiger charge is -2.16. The molecule has 2 aromatic rings. The lowest BCUT2D eigenvalue weighted by atomic mass is 10.1. The molecule has 1 aliphatic rings. The van der Waals surface area contributed by atoms with Crippen LogP contribution in [0.25, 0.3) is 11.3 Å². The van der Waals surface area contributed by atoms with Crippen molar-refractivity contribution >= 4 is 21.4 Å². The van der Waals surface area contributed by atoms with Gasteiger partial charge in [-0.1, -0.05) is 16.8 Å². The fraction of sp³-hybridized carbons (Fsp3) is 0.385. The third kappa shape index (κ3) is 2.99. The predicted molar refractivity (Wildman–Crippen MR) is 81.0 cm³/mol. The van der Waals surface area contributed by atoms with Crippen molar-refractivity contribution < 1.29 is 12.8 Å². The molecule has 0 aliphatic carbocycles. The van der Waals surface area contributed by atoms with E-state index in [0.29, 0.717) is 24.3 Å². The molecule has 2 heterocycles. The molecule has 1 N–H and O–H groups in total. The van der Waals surface area contributed by atoms with Crippen LogP contribution in [0.5, 0.6) is 0 Å². The summed E-state index contributed by atoms with van der Waals surface area (Å²) in [6.45, 7) is 0.870. The highest BCUT2D eigenvalue weighted by atomic mass is 35.5. The monoisotopic (exact) mass is 344 g/mol. The summed E-state index contributed by atoms with van der Waals surface area (Å²) in [7, 11) is -3.20. The molecule has 1 aromatic heterocycles. The lowest BCUT2D eigenvalue weighted by molar-refractivity contribution is 0.467. The Morgan fingerprint density at radius 2 is 2.14 bits per heavy atom. The van der Waals surface area contributed by atoms with Gasteiger partial charge in [0, 0.05) is 29.9 Å². The molecule has 0 bridgehead atoms. The highest BCUT2D eigenvalue weighted by Gasteiger charge is 2.36. The van der Waals surface area contributed by atoms with Crippen LogP contribution in [0, 0.1) is 5.82 Å². The van der Waals surface area contributed by atoms with Crippen LogP contribution in [0.3, 0.4) is 0 Å². The van der Waals surface area contributed by atoms with E-state index < -0.39 is 20.9 Å². The number of benzene rings is 1. The lowest BCUT2D eigenvalue weighted by Crippen LogP contribution is -2.30. The number of hydrogen-bond acceptors (Lipinski definition) is 5. The number of rotatable bonds is 3. The maximum Gasteiger partial charge on any atom is 0.153 e. The van der Waals surface area contributed by atoms with E-state index in [1.807, 2.05) is 0 Å². The molecule has 0 amide bonds. The maximum atomic E-state index is 13.4. The number of aromatic nitrogens is 3. The number of halogens is 2. The molecular weight excluding hydrogens is 331 g/mol. The van der Waals surface area contributed by atoms with Crippen LogP contribution in [-0.2, 0) is 9.84 Å². The Bertz CT molecular complexity index is 788. The number of sulfone groups is 1. The van der Waals surface area contributed by atoms with E-state index in [-0.39, 0.29) is 11.1 Å². The van der Waals surface area contributed by atoms with E-state index in [1.54, 1.807) is 12.3 Å². The van der Waals surface area contributed by atoms with Crippen LogP contribution in [0.2, 0.25) is 5.02 Å². The number of nitrogens with one attached hydrogen (secondary N) is 1. The minimum atomic E-state index is -3.20. The van der Waals surface area contributed by atoms with Crippen molar-refractivity contribution in [2.75, 3.05) is 19.3 Å². The van der Waals surface area contributed by atoms with Crippen molar-refractivity contribution in [3.63, 3.8) is 0 Å². The average molecular weight is 345 g/mol. The fourth-order valence-corrected chi connectivity index (χ4v) is 4.05. The van der Waals surface area contributed by atoms with E-state index in [2.05, 4.69) is 15.6 Å². The zero-order chi connectivity index (χ0) is 15.9. The third-order valence-corrected chi connectivity index (χ3v) is 5.49. The van der Waals surface area contributed by atoms with E-state index >= 15 is 0 Å². The number of nitrogens with zero attached hydrogens (tertiary/aromatic N) is 3. The Labute approximate surface area is 132 Å². The van der Waals surface area contributed by atoms with E-state index in [9.17, 15) is 12.8 Å². The van der Waals surface area contributed by atoms with Crippen molar-refractivity contribution in [2.45, 2.75) is 11.3 Å². The van der Waals surface area contributed by atoms with Crippen molar-refractivity contribution in [2.24, 2.45) is 0 Å². The van der Waals surface area contributed by atoms with E-state index in [1.165, 1.54) is 23.1 Å². The molecule has 1 aromatic carbocycles. The minimum Gasteiger partial charge on any atom is -0.313 e. The third-order valence-electron chi connectivity index (χ3n) is 3.69. The van der Waals surface area contributed by atoms with Crippen molar-refractivity contribution in [3.05, 3.63) is 35.2 Å². The second-order valence-electron chi connectivity index (χ2n) is 5.34. The molecule has 0 radical (unpaired) electrons. The Morgan fingerprint density at radius 1 is 1.36 bits per heavy atom. The average Bonchev–Trinajstić information content (AvgIpc) is 3.06. The summed E-state index contributed by atoms with van der Waals surface area (Å²) in [5.41, 5.74) is 0.943. The zero-order valence-electron chi connectivity index (χ0n) is 11.7. The molecule has 0 spiro atoms. The molecular formula is C13H14ClFN4O2S. The Morgan fingerprint density at radius 3 is 2.82 bits per heavy atom. The smallest absolute Gasteiger partial charge is 0.153 e. The molecule has 3 rings (SSSR count). The van der Waals surface area contributed by atoms with Gasteiger partial charge in [-0.05, 0) is 18.2 Å². The van der Waals surface area contributed by atoms with Crippen LogP contribution in [-0.4, -0.2) is 48.0 Å². The standard InChI is InChI=1S/C13H14ClFN4O2S/c1-22(20,21)13-6-16-5-12(13)19-7-11(17-18-19)8-2-9(14)4-10(15)3-8/h2-4,7,12-13,16H,5-6H2,1H3/t12-,13-/m1/s1. The van der Waals surface area contributed by atoms with Crippen LogP contribution < -0.4 is 5.32 Å². The maximum absolute atomic E-state index is 13.4. The van der Waals surface area contributed by atoms with Gasteiger partial charge in [0.1, 0.15) is 11.5 Å². The molecule has 0 saturated carbocycles. The van der Waals surface area contributed by atoms with Gasteiger partial charge in [0.2, 0.25) is 0 Å². The normalized spacial score (nSPS) is 22.1. The van der Waals surface area contributed by atoms with Crippen LogP contribution in [0.15, 0.2) is 24.4 Å². The minimum absolute atomic E-state index is 0.265. The van der Waals surface area contributed by atoms with Gasteiger partial charge >= 0.3 is 0 Å². The van der Waals surface area contributed by atoms with Gasteiger partial charge < -0.3 is 5.32 Å². The number of hydrogen-bond donors (Lipinski definition) is 1. The summed E-state index contributed by atoms with van der Waals surface area (Å²) >= 11 is 5.83. The molecule has 0 unspecified atom stereocenters. The first-order valence-electron chi connectivity index (χ1n) is 6.62. The van der Waals surface area contributed by atoms with Crippen LogP contribution in [0.4, 0.5) is 4.39 Å². The highest BCUT2D eigenvalue weighted by molar-refractivity contribution is 7.91. The molecule has 1 saturated heterocycles. The fourth-order valence-electron chi connectivity index (χ4n) is 2.61. The summed E-state index contributed by atoms with van der Waals surface area (Å²) in [6, 6.07) is 3.76. The van der Waals surface area contributed by atoms with Gasteiger partial charge in [-0.15, -0.1) is 5.10 Å². The Kier molecular flexibility index (Phi) is 3.92. The first-order chi connectivity index (χ1) is 10.3. The molecule has 1 fully saturated rings. The second kappa shape index (κ2) is 5.60. The van der Waals surface area contributed by atoms with Gasteiger partial charge in [0.25, 0.3) is 0 Å². The van der Waals surface area contributed by atoms with Gasteiger partial charge in [-0.3, -0.25) is 0 Å². The largest absolute Gasteiger partial charge is 0.313 e. The highest BCUT2D eigenvalue weighted by Crippen LogP contribution is 2.26.